The zero-order chi connectivity index (χ0) is 20.1. The lowest BCUT2D eigenvalue weighted by Crippen LogP contribution is -2.39. The van der Waals surface area contributed by atoms with Crippen LogP contribution < -0.4 is 5.32 Å². The number of benzene rings is 1. The molecule has 1 N–H and O–H groups in total. The number of fused-ring (bicyclic) bond motifs is 1. The van der Waals surface area contributed by atoms with Crippen molar-refractivity contribution in [3.8, 4) is 5.97 Å². The second kappa shape index (κ2) is 6.69. The third-order valence-electron chi connectivity index (χ3n) is 5.89. The first kappa shape index (κ1) is 18.6. The molecule has 3 heterocycles. The van der Waals surface area contributed by atoms with Gasteiger partial charge in [-0.15, -0.1) is 0 Å². The highest BCUT2D eigenvalue weighted by Gasteiger charge is 2.47. The fourth-order valence-corrected chi connectivity index (χ4v) is 4.40. The van der Waals surface area contributed by atoms with Crippen molar-refractivity contribution in [1.82, 2.24) is 15.1 Å². The van der Waals surface area contributed by atoms with Crippen molar-refractivity contribution in [1.29, 1.82) is 5.26 Å². The first-order chi connectivity index (χ1) is 13.3. The van der Waals surface area contributed by atoms with E-state index in [-0.39, 0.29) is 24.7 Å². The number of hydrogen-bond donors (Lipinski definition) is 1. The SMILES string of the molecule is Cn1nc(C2CCC(=O)NC2=O)c2ccc(C3CCB(C#N)CC3(F)F)cc21. The maximum atomic E-state index is 14.6. The number of piperidine rings is 1. The Kier molecular flexibility index (Phi) is 4.45. The lowest BCUT2D eigenvalue weighted by molar-refractivity contribution is -0.134. The van der Waals surface area contributed by atoms with Crippen molar-refractivity contribution in [2.75, 3.05) is 0 Å². The number of hydrogen-bond acceptors (Lipinski definition) is 4. The minimum atomic E-state index is -2.93. The summed E-state index contributed by atoms with van der Waals surface area (Å²) in [5.74, 6) is -3.10. The minimum Gasteiger partial charge on any atom is -0.296 e. The van der Waals surface area contributed by atoms with E-state index in [0.29, 0.717) is 29.5 Å². The molecule has 2 saturated heterocycles. The predicted octanol–water partition coefficient (Wildman–Crippen LogP) is 2.77. The van der Waals surface area contributed by atoms with Crippen molar-refractivity contribution >= 4 is 29.4 Å². The third kappa shape index (κ3) is 3.07. The first-order valence-corrected chi connectivity index (χ1v) is 9.38. The van der Waals surface area contributed by atoms with Crippen LogP contribution in [0.15, 0.2) is 18.2 Å². The van der Waals surface area contributed by atoms with Gasteiger partial charge in [0, 0.05) is 37.1 Å². The van der Waals surface area contributed by atoms with Crippen LogP contribution in [0.25, 0.3) is 10.9 Å². The zero-order valence-corrected chi connectivity index (χ0v) is 15.4. The summed E-state index contributed by atoms with van der Waals surface area (Å²) < 4.78 is 30.8. The Labute approximate surface area is 161 Å². The van der Waals surface area contributed by atoms with E-state index in [1.54, 1.807) is 29.9 Å². The molecule has 6 nitrogen and oxygen atoms in total. The molecule has 2 aliphatic heterocycles. The summed E-state index contributed by atoms with van der Waals surface area (Å²) in [5.41, 5.74) is 1.76. The Morgan fingerprint density at radius 2 is 2.14 bits per heavy atom. The van der Waals surface area contributed by atoms with Gasteiger partial charge in [-0.2, -0.15) is 5.10 Å². The second-order valence-electron chi connectivity index (χ2n) is 7.71. The molecule has 0 saturated carbocycles. The van der Waals surface area contributed by atoms with Crippen LogP contribution in [0.1, 0.15) is 42.4 Å². The zero-order valence-electron chi connectivity index (χ0n) is 15.4. The van der Waals surface area contributed by atoms with E-state index in [2.05, 4.69) is 10.4 Å². The van der Waals surface area contributed by atoms with Crippen molar-refractivity contribution < 1.29 is 18.4 Å². The number of carbonyl (C=O) groups is 2. The smallest absolute Gasteiger partial charge is 0.273 e. The van der Waals surface area contributed by atoms with E-state index in [0.717, 1.165) is 5.39 Å². The van der Waals surface area contributed by atoms with Crippen LogP contribution >= 0.6 is 0 Å². The van der Waals surface area contributed by atoms with Crippen LogP contribution in [-0.2, 0) is 16.6 Å². The number of alkyl halides is 2. The fraction of sp³-hybridized carbons (Fsp3) is 0.474. The van der Waals surface area contributed by atoms with E-state index >= 15 is 0 Å². The van der Waals surface area contributed by atoms with Gasteiger partial charge in [0.25, 0.3) is 6.71 Å². The summed E-state index contributed by atoms with van der Waals surface area (Å²) in [7, 11) is 1.71. The largest absolute Gasteiger partial charge is 0.296 e. The summed E-state index contributed by atoms with van der Waals surface area (Å²) in [6, 6.07) is 5.12. The van der Waals surface area contributed by atoms with Gasteiger partial charge in [0.05, 0.1) is 17.1 Å². The van der Waals surface area contributed by atoms with E-state index in [1.165, 1.54) is 0 Å². The molecule has 2 aromatic rings. The van der Waals surface area contributed by atoms with Crippen LogP contribution in [0.4, 0.5) is 8.78 Å². The molecule has 0 aliphatic carbocycles. The Bertz CT molecular complexity index is 1010. The van der Waals surface area contributed by atoms with Crippen molar-refractivity contribution in [3.05, 3.63) is 29.5 Å². The highest BCUT2D eigenvalue weighted by molar-refractivity contribution is 6.67. The van der Waals surface area contributed by atoms with Crippen LogP contribution in [0.3, 0.4) is 0 Å². The van der Waals surface area contributed by atoms with E-state index in [1.807, 2.05) is 5.97 Å². The number of nitriles is 1. The van der Waals surface area contributed by atoms with Gasteiger partial charge in [0.1, 0.15) is 0 Å². The number of halogens is 2. The molecule has 2 aliphatic rings. The Balaban J connectivity index is 1.70. The fourth-order valence-electron chi connectivity index (χ4n) is 4.40. The topological polar surface area (TPSA) is 87.8 Å². The number of imide groups is 1. The number of aryl methyl sites for hydroxylation is 1. The monoisotopic (exact) mass is 384 g/mol. The molecule has 0 spiro atoms. The van der Waals surface area contributed by atoms with Crippen molar-refractivity contribution in [2.45, 2.75) is 49.7 Å². The Morgan fingerprint density at radius 3 is 2.82 bits per heavy atom. The Morgan fingerprint density at radius 1 is 1.36 bits per heavy atom. The molecule has 144 valence electrons. The first-order valence-electron chi connectivity index (χ1n) is 9.38. The van der Waals surface area contributed by atoms with Crippen LogP contribution in [0.5, 0.6) is 0 Å². The van der Waals surface area contributed by atoms with Gasteiger partial charge in [-0.25, -0.2) is 14.0 Å². The molecular formula is C19H19BF2N4O2. The molecule has 4 rings (SSSR count). The van der Waals surface area contributed by atoms with Crippen LogP contribution in [-0.4, -0.2) is 34.2 Å². The number of nitrogens with one attached hydrogen (secondary N) is 1. The van der Waals surface area contributed by atoms with E-state index in [9.17, 15) is 18.4 Å². The number of rotatable bonds is 2. The molecule has 28 heavy (non-hydrogen) atoms. The highest BCUT2D eigenvalue weighted by atomic mass is 19.3. The van der Waals surface area contributed by atoms with Gasteiger partial charge in [-0.1, -0.05) is 18.5 Å². The minimum absolute atomic E-state index is 0.251. The van der Waals surface area contributed by atoms with Crippen LogP contribution in [0.2, 0.25) is 12.6 Å². The molecule has 2 amide bonds. The Hall–Kier alpha value is -2.76. The molecule has 2 fully saturated rings. The summed E-state index contributed by atoms with van der Waals surface area (Å²) in [5, 5.41) is 16.5. The lowest BCUT2D eigenvalue weighted by Gasteiger charge is -2.32. The van der Waals surface area contributed by atoms with E-state index < -0.39 is 30.8 Å². The third-order valence-corrected chi connectivity index (χ3v) is 5.89. The molecule has 0 radical (unpaired) electrons. The average molecular weight is 384 g/mol. The molecule has 2 atom stereocenters. The van der Waals surface area contributed by atoms with Gasteiger partial charge >= 0.3 is 0 Å². The number of carbonyl (C=O) groups excluding carboxylic acids is 2. The van der Waals surface area contributed by atoms with Gasteiger partial charge in [-0.3, -0.25) is 19.6 Å². The summed E-state index contributed by atoms with van der Waals surface area (Å²) in [6.07, 6.45) is 0.936. The highest BCUT2D eigenvalue weighted by Crippen LogP contribution is 2.46. The summed E-state index contributed by atoms with van der Waals surface area (Å²) in [4.78, 5) is 23.6. The molecular weight excluding hydrogens is 365 g/mol. The van der Waals surface area contributed by atoms with Crippen molar-refractivity contribution in [2.24, 2.45) is 7.05 Å². The summed E-state index contributed by atoms with van der Waals surface area (Å²) >= 11 is 0. The normalized spacial score (nSPS) is 24.9. The lowest BCUT2D eigenvalue weighted by atomic mass is 9.40. The standard InChI is InChI=1S/C19H19BF2N4O2/c1-26-15-8-11(14-6-7-20(10-23)9-19(14,21)22)2-3-12(15)17(25-26)13-4-5-16(27)24-18(13)28/h2-3,8,13-14H,4-7,9H2,1H3,(H,24,27,28). The maximum Gasteiger partial charge on any atom is 0.273 e. The van der Waals surface area contributed by atoms with Gasteiger partial charge in [-0.05, 0) is 24.5 Å². The maximum absolute atomic E-state index is 14.6. The van der Waals surface area contributed by atoms with Gasteiger partial charge in [0.2, 0.25) is 17.7 Å². The second-order valence-corrected chi connectivity index (χ2v) is 7.71. The van der Waals surface area contributed by atoms with Crippen LogP contribution in [0, 0.1) is 11.2 Å². The number of amides is 2. The van der Waals surface area contributed by atoms with Crippen molar-refractivity contribution in [3.63, 3.8) is 0 Å². The van der Waals surface area contributed by atoms with Gasteiger partial charge in [0.15, 0.2) is 0 Å². The number of aromatic nitrogens is 2. The van der Waals surface area contributed by atoms with Gasteiger partial charge < -0.3 is 0 Å². The molecule has 0 bridgehead atoms. The molecule has 1 aromatic carbocycles. The van der Waals surface area contributed by atoms with E-state index in [4.69, 9.17) is 5.26 Å². The number of nitrogens with zero attached hydrogens (tertiary/aromatic N) is 3. The quantitative estimate of drug-likeness (QED) is 0.637. The molecule has 9 heteroatoms. The molecule has 1 aromatic heterocycles. The molecule has 2 unspecified atom stereocenters. The summed E-state index contributed by atoms with van der Waals surface area (Å²) in [6.45, 7) is -0.606. The predicted molar refractivity (Wildman–Crippen MR) is 99.1 cm³/mol. The average Bonchev–Trinajstić information content (AvgIpc) is 2.97.